The Morgan fingerprint density at radius 2 is 1.90 bits per heavy atom. The van der Waals surface area contributed by atoms with Crippen LogP contribution in [0.1, 0.15) is 39.0 Å². The molecule has 0 radical (unpaired) electrons. The van der Waals surface area contributed by atoms with E-state index in [4.69, 9.17) is 4.74 Å². The second-order valence-corrected chi connectivity index (χ2v) is 6.31. The molecule has 118 valence electrons. The third-order valence-corrected chi connectivity index (χ3v) is 5.19. The molecule has 1 N–H and O–H groups in total. The van der Waals surface area contributed by atoms with Crippen LogP contribution in [0.15, 0.2) is 0 Å². The first-order valence-electron chi connectivity index (χ1n) is 8.03. The highest BCUT2D eigenvalue weighted by molar-refractivity contribution is 5.79. The molecule has 3 saturated heterocycles. The van der Waals surface area contributed by atoms with Gasteiger partial charge < -0.3 is 19.6 Å². The smallest absolute Gasteiger partial charge is 0.320 e. The van der Waals surface area contributed by atoms with E-state index in [2.05, 4.69) is 0 Å². The van der Waals surface area contributed by atoms with Gasteiger partial charge >= 0.3 is 12.0 Å². The molecule has 3 unspecified atom stereocenters. The lowest BCUT2D eigenvalue weighted by Gasteiger charge is -2.36. The van der Waals surface area contributed by atoms with Crippen molar-refractivity contribution in [1.29, 1.82) is 0 Å². The summed E-state index contributed by atoms with van der Waals surface area (Å²) in [7, 11) is 0. The number of amides is 2. The average Bonchev–Trinajstić information content (AvgIpc) is 3.05. The summed E-state index contributed by atoms with van der Waals surface area (Å²) in [4.78, 5) is 27.7. The van der Waals surface area contributed by atoms with E-state index in [0.29, 0.717) is 6.42 Å². The van der Waals surface area contributed by atoms with E-state index >= 15 is 0 Å². The highest BCUT2D eigenvalue weighted by Crippen LogP contribution is 2.42. The summed E-state index contributed by atoms with van der Waals surface area (Å²) in [6, 6.07) is 0.0824. The number of nitrogens with zero attached hydrogens (tertiary/aromatic N) is 2. The van der Waals surface area contributed by atoms with Gasteiger partial charge in [-0.05, 0) is 39.0 Å². The van der Waals surface area contributed by atoms with E-state index in [1.165, 1.54) is 0 Å². The first kappa shape index (κ1) is 14.6. The molecule has 3 fully saturated rings. The summed E-state index contributed by atoms with van der Waals surface area (Å²) < 4.78 is 5.61. The lowest BCUT2D eigenvalue weighted by Crippen LogP contribution is -2.50. The second-order valence-electron chi connectivity index (χ2n) is 6.31. The number of carbonyl (C=O) groups excluding carboxylic acids is 1. The summed E-state index contributed by atoms with van der Waals surface area (Å²) >= 11 is 0. The molecule has 6 nitrogen and oxygen atoms in total. The van der Waals surface area contributed by atoms with Crippen LogP contribution in [0.2, 0.25) is 0 Å². The van der Waals surface area contributed by atoms with Crippen LogP contribution in [0, 0.1) is 5.92 Å². The van der Waals surface area contributed by atoms with Gasteiger partial charge in [0.1, 0.15) is 0 Å². The van der Waals surface area contributed by atoms with E-state index < -0.39 is 5.97 Å². The number of likely N-dealkylation sites (tertiary alicyclic amines) is 1. The highest BCUT2D eigenvalue weighted by Gasteiger charge is 2.52. The van der Waals surface area contributed by atoms with Crippen LogP contribution >= 0.6 is 0 Å². The van der Waals surface area contributed by atoms with Crippen molar-refractivity contribution in [3.8, 4) is 0 Å². The number of piperidine rings is 1. The number of hydrogen-bond donors (Lipinski definition) is 1. The van der Waals surface area contributed by atoms with Crippen LogP contribution in [0.5, 0.6) is 0 Å². The zero-order valence-corrected chi connectivity index (χ0v) is 12.5. The highest BCUT2D eigenvalue weighted by atomic mass is 16.5. The normalized spacial score (nSPS) is 32.7. The van der Waals surface area contributed by atoms with E-state index in [9.17, 15) is 14.7 Å². The lowest BCUT2D eigenvalue weighted by atomic mass is 9.89. The lowest BCUT2D eigenvalue weighted by molar-refractivity contribution is -0.142. The van der Waals surface area contributed by atoms with Crippen molar-refractivity contribution in [3.63, 3.8) is 0 Å². The fourth-order valence-electron chi connectivity index (χ4n) is 4.16. The number of hydrogen-bond acceptors (Lipinski definition) is 3. The monoisotopic (exact) mass is 296 g/mol. The molecule has 0 saturated carbocycles. The molecule has 3 aliphatic rings. The number of carboxylic acids is 1. The Morgan fingerprint density at radius 1 is 1.19 bits per heavy atom. The maximum atomic E-state index is 12.7. The van der Waals surface area contributed by atoms with Crippen molar-refractivity contribution in [3.05, 3.63) is 0 Å². The largest absolute Gasteiger partial charge is 0.481 e. The fraction of sp³-hybridized carbons (Fsp3) is 0.867. The molecular formula is C15H24N2O4. The van der Waals surface area contributed by atoms with Crippen molar-refractivity contribution in [2.24, 2.45) is 5.92 Å². The molecule has 3 heterocycles. The number of rotatable bonds is 3. The van der Waals surface area contributed by atoms with Crippen molar-refractivity contribution in [2.75, 3.05) is 19.7 Å². The maximum Gasteiger partial charge on any atom is 0.320 e. The van der Waals surface area contributed by atoms with Gasteiger partial charge in [-0.3, -0.25) is 4.79 Å². The van der Waals surface area contributed by atoms with Gasteiger partial charge in [-0.25, -0.2) is 4.79 Å². The molecule has 0 spiro atoms. The van der Waals surface area contributed by atoms with Crippen LogP contribution in [-0.4, -0.2) is 64.8 Å². The minimum Gasteiger partial charge on any atom is -0.481 e. The molecule has 3 rings (SSSR count). The van der Waals surface area contributed by atoms with Gasteiger partial charge in [0, 0.05) is 31.8 Å². The average molecular weight is 296 g/mol. The first-order chi connectivity index (χ1) is 10.1. The number of aliphatic carboxylic acids is 1. The predicted molar refractivity (Wildman–Crippen MR) is 76.0 cm³/mol. The van der Waals surface area contributed by atoms with Crippen LogP contribution in [0.25, 0.3) is 0 Å². The first-order valence-corrected chi connectivity index (χ1v) is 8.03. The van der Waals surface area contributed by atoms with Gasteiger partial charge in [0.2, 0.25) is 0 Å². The minimum atomic E-state index is -0.755. The summed E-state index contributed by atoms with van der Waals surface area (Å²) in [6.45, 7) is 4.15. The number of ether oxygens (including phenoxy) is 1. The van der Waals surface area contributed by atoms with Gasteiger partial charge in [-0.15, -0.1) is 0 Å². The Labute approximate surface area is 125 Å². The van der Waals surface area contributed by atoms with Gasteiger partial charge in [-0.1, -0.05) is 0 Å². The van der Waals surface area contributed by atoms with Crippen LogP contribution in [-0.2, 0) is 9.53 Å². The molecule has 0 aromatic carbocycles. The van der Waals surface area contributed by atoms with E-state index in [1.54, 1.807) is 0 Å². The van der Waals surface area contributed by atoms with Crippen molar-refractivity contribution >= 4 is 12.0 Å². The van der Waals surface area contributed by atoms with Crippen molar-refractivity contribution in [2.45, 2.75) is 57.2 Å². The summed E-state index contributed by atoms with van der Waals surface area (Å²) in [5.41, 5.74) is 0. The second kappa shape index (κ2) is 5.83. The zero-order valence-electron chi connectivity index (χ0n) is 12.5. The summed E-state index contributed by atoms with van der Waals surface area (Å²) in [5.74, 6) is -1.12. The summed E-state index contributed by atoms with van der Waals surface area (Å²) in [5, 5.41) is 9.27. The van der Waals surface area contributed by atoms with Crippen LogP contribution in [0.3, 0.4) is 0 Å². The third-order valence-electron chi connectivity index (χ3n) is 5.19. The predicted octanol–water partition coefficient (Wildman–Crippen LogP) is 1.54. The van der Waals surface area contributed by atoms with Gasteiger partial charge in [0.05, 0.1) is 12.0 Å². The molecular weight excluding hydrogens is 272 g/mol. The quantitative estimate of drug-likeness (QED) is 0.857. The molecule has 3 aliphatic heterocycles. The van der Waals surface area contributed by atoms with E-state index in [1.807, 2.05) is 16.7 Å². The fourth-order valence-corrected chi connectivity index (χ4v) is 4.16. The van der Waals surface area contributed by atoms with Crippen molar-refractivity contribution < 1.29 is 19.4 Å². The number of carbonyl (C=O) groups is 2. The molecule has 0 aromatic heterocycles. The Bertz CT molecular complexity index is 420. The number of urea groups is 1. The minimum absolute atomic E-state index is 0.0428. The van der Waals surface area contributed by atoms with Gasteiger partial charge in [0.15, 0.2) is 0 Å². The van der Waals surface area contributed by atoms with E-state index in [-0.39, 0.29) is 30.1 Å². The SMILES string of the molecule is CCOC1CCN(C(=O)N2C3CCC2C(C(=O)O)C3)CC1. The Hall–Kier alpha value is -1.30. The van der Waals surface area contributed by atoms with Gasteiger partial charge in [0.25, 0.3) is 0 Å². The molecule has 0 aliphatic carbocycles. The van der Waals surface area contributed by atoms with Gasteiger partial charge in [-0.2, -0.15) is 0 Å². The molecule has 2 bridgehead atoms. The molecule has 21 heavy (non-hydrogen) atoms. The van der Waals surface area contributed by atoms with Crippen LogP contribution < -0.4 is 0 Å². The molecule has 3 atom stereocenters. The number of carboxylic acid groups (broad SMARTS) is 1. The topological polar surface area (TPSA) is 70.1 Å². The molecule has 2 amide bonds. The zero-order chi connectivity index (χ0) is 15.0. The van der Waals surface area contributed by atoms with Crippen LogP contribution in [0.4, 0.5) is 4.79 Å². The Kier molecular flexibility index (Phi) is 4.06. The molecule has 0 aromatic rings. The Balaban J connectivity index is 1.61. The third kappa shape index (κ3) is 2.61. The number of fused-ring (bicyclic) bond motifs is 2. The Morgan fingerprint density at radius 3 is 2.48 bits per heavy atom. The molecule has 6 heteroatoms. The maximum absolute atomic E-state index is 12.7. The van der Waals surface area contributed by atoms with E-state index in [0.717, 1.165) is 45.4 Å². The summed E-state index contributed by atoms with van der Waals surface area (Å²) in [6.07, 6.45) is 4.44. The van der Waals surface area contributed by atoms with Crippen molar-refractivity contribution in [1.82, 2.24) is 9.80 Å². The standard InChI is InChI=1S/C15H24N2O4/c1-2-21-11-5-7-16(8-6-11)15(20)17-10-3-4-13(17)12(9-10)14(18)19/h10-13H,2-9H2,1H3,(H,18,19).